The van der Waals surface area contributed by atoms with Crippen LogP contribution in [0.15, 0.2) is 34.9 Å². The minimum atomic E-state index is 0.701. The lowest BCUT2D eigenvalue weighted by molar-refractivity contribution is 0.431. The summed E-state index contributed by atoms with van der Waals surface area (Å²) in [4.78, 5) is 0. The Morgan fingerprint density at radius 2 is 2.00 bits per heavy atom. The van der Waals surface area contributed by atoms with Gasteiger partial charge in [-0.1, -0.05) is 16.8 Å². The predicted octanol–water partition coefficient (Wildman–Crippen LogP) is 2.80. The highest BCUT2D eigenvalue weighted by molar-refractivity contribution is 6.30. The van der Waals surface area contributed by atoms with Gasteiger partial charge in [0, 0.05) is 16.7 Å². The van der Waals surface area contributed by atoms with Crippen LogP contribution >= 0.6 is 11.6 Å². The van der Waals surface area contributed by atoms with E-state index in [0.717, 1.165) is 5.56 Å². The van der Waals surface area contributed by atoms with Crippen molar-refractivity contribution in [3.63, 3.8) is 0 Å². The van der Waals surface area contributed by atoms with Crippen LogP contribution in [0.25, 0.3) is 11.3 Å². The smallest absolute Gasteiger partial charge is 0.167 e. The van der Waals surface area contributed by atoms with Gasteiger partial charge < -0.3 is 4.52 Å². The first kappa shape index (κ1) is 7.37. The van der Waals surface area contributed by atoms with Crippen LogP contribution in [-0.4, -0.2) is 5.16 Å². The maximum absolute atomic E-state index is 5.72. The van der Waals surface area contributed by atoms with Crippen LogP contribution in [0.1, 0.15) is 0 Å². The minimum absolute atomic E-state index is 0.701. The molecule has 0 N–H and O–H groups in total. The van der Waals surface area contributed by atoms with Gasteiger partial charge in [-0.25, -0.2) is 0 Å². The first-order chi connectivity index (χ1) is 5.86. The molecular formula is C9H5ClNO. The molecular weight excluding hydrogens is 174 g/mol. The van der Waals surface area contributed by atoms with E-state index in [1.165, 1.54) is 0 Å². The Kier molecular flexibility index (Phi) is 1.84. The third kappa shape index (κ3) is 1.34. The summed E-state index contributed by atoms with van der Waals surface area (Å²) in [5.41, 5.74) is 0.952. The quantitative estimate of drug-likeness (QED) is 0.671. The standard InChI is InChI=1S/C9H5ClNO/c10-8-3-1-7(2-4-8)9-5-6-11-12-9/h1-5H. The summed E-state index contributed by atoms with van der Waals surface area (Å²) in [6, 6.07) is 9.04. The molecule has 0 atom stereocenters. The molecule has 12 heavy (non-hydrogen) atoms. The van der Waals surface area contributed by atoms with Gasteiger partial charge in [-0.2, -0.15) is 0 Å². The van der Waals surface area contributed by atoms with Crippen LogP contribution < -0.4 is 0 Å². The second-order valence-corrected chi connectivity index (χ2v) is 2.76. The van der Waals surface area contributed by atoms with Gasteiger partial charge in [-0.3, -0.25) is 0 Å². The molecule has 2 nitrogen and oxygen atoms in total. The van der Waals surface area contributed by atoms with Gasteiger partial charge in [0.05, 0.1) is 0 Å². The second kappa shape index (κ2) is 2.99. The van der Waals surface area contributed by atoms with E-state index >= 15 is 0 Å². The van der Waals surface area contributed by atoms with Crippen molar-refractivity contribution in [2.45, 2.75) is 0 Å². The third-order valence-electron chi connectivity index (χ3n) is 1.52. The van der Waals surface area contributed by atoms with Crippen molar-refractivity contribution < 1.29 is 4.52 Å². The highest BCUT2D eigenvalue weighted by Crippen LogP contribution is 2.20. The Balaban J connectivity index is 2.43. The largest absolute Gasteiger partial charge is 0.356 e. The highest BCUT2D eigenvalue weighted by Gasteiger charge is 1.99. The molecule has 59 valence electrons. The van der Waals surface area contributed by atoms with Crippen LogP contribution in [-0.2, 0) is 0 Å². The Bertz CT molecular complexity index is 353. The molecule has 1 aromatic carbocycles. The van der Waals surface area contributed by atoms with Gasteiger partial charge in [-0.15, -0.1) is 0 Å². The van der Waals surface area contributed by atoms with E-state index in [0.29, 0.717) is 10.8 Å². The van der Waals surface area contributed by atoms with Crippen LogP contribution in [0, 0.1) is 6.20 Å². The molecule has 0 spiro atoms. The first-order valence-corrected chi connectivity index (χ1v) is 3.83. The summed E-state index contributed by atoms with van der Waals surface area (Å²) in [6.45, 7) is 0. The van der Waals surface area contributed by atoms with E-state index in [4.69, 9.17) is 16.1 Å². The SMILES string of the molecule is Clc1ccc(-c2c[c]no2)cc1. The molecule has 0 unspecified atom stereocenters. The van der Waals surface area contributed by atoms with Crippen molar-refractivity contribution in [1.82, 2.24) is 5.16 Å². The fourth-order valence-electron chi connectivity index (χ4n) is 0.937. The van der Waals surface area contributed by atoms with Gasteiger partial charge in [-0.05, 0) is 24.3 Å². The molecule has 0 saturated heterocycles. The van der Waals surface area contributed by atoms with Crippen molar-refractivity contribution in [2.75, 3.05) is 0 Å². The zero-order chi connectivity index (χ0) is 8.39. The fourth-order valence-corrected chi connectivity index (χ4v) is 1.06. The predicted molar refractivity (Wildman–Crippen MR) is 45.8 cm³/mol. The summed E-state index contributed by atoms with van der Waals surface area (Å²) in [7, 11) is 0. The summed E-state index contributed by atoms with van der Waals surface area (Å²) >= 11 is 5.72. The fraction of sp³-hybridized carbons (Fsp3) is 0. The van der Waals surface area contributed by atoms with Crippen LogP contribution in [0.4, 0.5) is 0 Å². The molecule has 0 bridgehead atoms. The van der Waals surface area contributed by atoms with Gasteiger partial charge in [0.25, 0.3) is 0 Å². The second-order valence-electron chi connectivity index (χ2n) is 2.33. The molecule has 0 aliphatic rings. The number of hydrogen-bond donors (Lipinski definition) is 0. The van der Waals surface area contributed by atoms with Crippen molar-refractivity contribution in [3.05, 3.63) is 41.6 Å². The van der Waals surface area contributed by atoms with Gasteiger partial charge in [0.1, 0.15) is 6.20 Å². The molecule has 0 aliphatic carbocycles. The summed E-state index contributed by atoms with van der Waals surface area (Å²) in [5, 5.41) is 4.20. The van der Waals surface area contributed by atoms with Gasteiger partial charge >= 0.3 is 0 Å². The van der Waals surface area contributed by atoms with Crippen LogP contribution in [0.2, 0.25) is 5.02 Å². The number of hydrogen-bond acceptors (Lipinski definition) is 2. The molecule has 0 amide bonds. The highest BCUT2D eigenvalue weighted by atomic mass is 35.5. The topological polar surface area (TPSA) is 26.0 Å². The molecule has 0 saturated carbocycles. The van der Waals surface area contributed by atoms with Gasteiger partial charge in [0.15, 0.2) is 5.76 Å². The Hall–Kier alpha value is -1.28. The maximum Gasteiger partial charge on any atom is 0.167 e. The summed E-state index contributed by atoms with van der Waals surface area (Å²) in [6.07, 6.45) is 2.59. The molecule has 1 heterocycles. The van der Waals surface area contributed by atoms with Gasteiger partial charge in [0.2, 0.25) is 0 Å². The zero-order valence-corrected chi connectivity index (χ0v) is 6.88. The zero-order valence-electron chi connectivity index (χ0n) is 6.12. The number of rotatable bonds is 1. The van der Waals surface area contributed by atoms with E-state index in [2.05, 4.69) is 11.4 Å². The number of aromatic nitrogens is 1. The van der Waals surface area contributed by atoms with E-state index in [1.807, 2.05) is 12.1 Å². The van der Waals surface area contributed by atoms with E-state index in [-0.39, 0.29) is 0 Å². The minimum Gasteiger partial charge on any atom is -0.356 e. The number of benzene rings is 1. The number of halogens is 1. The molecule has 2 rings (SSSR count). The lowest BCUT2D eigenvalue weighted by Crippen LogP contribution is -1.71. The summed E-state index contributed by atoms with van der Waals surface area (Å²) in [5.74, 6) is 0.701. The summed E-state index contributed by atoms with van der Waals surface area (Å²) < 4.78 is 4.91. The monoisotopic (exact) mass is 178 g/mol. The van der Waals surface area contributed by atoms with Crippen molar-refractivity contribution >= 4 is 11.6 Å². The lowest BCUT2D eigenvalue weighted by Gasteiger charge is -1.93. The van der Waals surface area contributed by atoms with Crippen LogP contribution in [0.5, 0.6) is 0 Å². The molecule has 1 aromatic heterocycles. The molecule has 0 fully saturated rings. The number of nitrogens with zero attached hydrogens (tertiary/aromatic N) is 1. The lowest BCUT2D eigenvalue weighted by atomic mass is 10.2. The Labute approximate surface area is 74.8 Å². The van der Waals surface area contributed by atoms with E-state index in [1.54, 1.807) is 18.2 Å². The Morgan fingerprint density at radius 1 is 1.25 bits per heavy atom. The molecule has 1 radical (unpaired) electrons. The molecule has 2 aromatic rings. The molecule has 0 aliphatic heterocycles. The normalized spacial score (nSPS) is 10.1. The van der Waals surface area contributed by atoms with E-state index in [9.17, 15) is 0 Å². The maximum atomic E-state index is 5.72. The molecule has 3 heteroatoms. The van der Waals surface area contributed by atoms with Crippen molar-refractivity contribution in [2.24, 2.45) is 0 Å². The average Bonchev–Trinajstić information content (AvgIpc) is 2.58. The third-order valence-corrected chi connectivity index (χ3v) is 1.77. The average molecular weight is 179 g/mol. The van der Waals surface area contributed by atoms with E-state index < -0.39 is 0 Å². The van der Waals surface area contributed by atoms with Crippen molar-refractivity contribution in [1.29, 1.82) is 0 Å². The Morgan fingerprint density at radius 3 is 2.58 bits per heavy atom. The van der Waals surface area contributed by atoms with Crippen molar-refractivity contribution in [3.8, 4) is 11.3 Å². The first-order valence-electron chi connectivity index (χ1n) is 3.45. The van der Waals surface area contributed by atoms with Crippen LogP contribution in [0.3, 0.4) is 0 Å².